The van der Waals surface area contributed by atoms with Crippen LogP contribution in [0.4, 0.5) is 0 Å². The molecule has 0 saturated heterocycles. The molecule has 0 heterocycles. The van der Waals surface area contributed by atoms with Crippen LogP contribution in [0.2, 0.25) is 0 Å². The highest BCUT2D eigenvalue weighted by atomic mass is 16.5. The first kappa shape index (κ1) is 30.1. The Hall–Kier alpha value is -1.36. The lowest BCUT2D eigenvalue weighted by Gasteiger charge is -2.72. The molecule has 40 heavy (non-hydrogen) atoms. The highest BCUT2D eigenvalue weighted by Crippen LogP contribution is 2.76. The van der Waals surface area contributed by atoms with Crippen LogP contribution in [0.15, 0.2) is 12.2 Å². The van der Waals surface area contributed by atoms with Crippen molar-refractivity contribution in [3.8, 4) is 0 Å². The average molecular weight is 556 g/mol. The summed E-state index contributed by atoms with van der Waals surface area (Å²) in [6.45, 7) is 22.5. The predicted octanol–water partition coefficient (Wildman–Crippen LogP) is 7.77. The quantitative estimate of drug-likeness (QED) is 0.267. The second-order valence-electron chi connectivity index (χ2n) is 17.1. The molecule has 5 saturated carbocycles. The van der Waals surface area contributed by atoms with Crippen LogP contribution in [0, 0.1) is 56.7 Å². The number of carboxylic acids is 1. The number of hydrogen-bond acceptors (Lipinski definition) is 4. The van der Waals surface area contributed by atoms with Crippen molar-refractivity contribution < 1.29 is 19.4 Å². The summed E-state index contributed by atoms with van der Waals surface area (Å²) in [5, 5.41) is 9.32. The smallest absolute Gasteiger partial charge is 0.312 e. The van der Waals surface area contributed by atoms with Crippen LogP contribution in [0.25, 0.3) is 0 Å². The van der Waals surface area contributed by atoms with Gasteiger partial charge >= 0.3 is 11.9 Å². The topological polar surface area (TPSA) is 89.6 Å². The van der Waals surface area contributed by atoms with Gasteiger partial charge in [0.25, 0.3) is 0 Å². The van der Waals surface area contributed by atoms with E-state index in [-0.39, 0.29) is 45.7 Å². The van der Waals surface area contributed by atoms with Crippen LogP contribution < -0.4 is 5.73 Å². The zero-order valence-electron chi connectivity index (χ0n) is 26.7. The van der Waals surface area contributed by atoms with Crippen LogP contribution in [-0.4, -0.2) is 28.7 Å². The first-order valence-electron chi connectivity index (χ1n) is 16.2. The Labute approximate surface area is 243 Å². The number of rotatable bonds is 5. The molecular formula is C35H57NO4. The SMILES string of the molecule is C=C(C)[C@@H]1CC[C@]2(N)CC[C@]3(C)[C@H](CC[C@@H]4[C@@]5(C)CC[C@H](OC(=O)C(C)(C)CC(=O)O)C(C)(C)[C@@H]5CC[C@]43C)[C@@H]12. The molecule has 5 heteroatoms. The van der Waals surface area contributed by atoms with E-state index in [2.05, 4.69) is 48.1 Å². The normalized spacial score (nSPS) is 47.7. The van der Waals surface area contributed by atoms with Gasteiger partial charge in [0, 0.05) is 11.0 Å². The van der Waals surface area contributed by atoms with Gasteiger partial charge in [-0.1, -0.05) is 46.8 Å². The third-order valence-corrected chi connectivity index (χ3v) is 14.5. The molecule has 0 aromatic carbocycles. The van der Waals surface area contributed by atoms with Gasteiger partial charge in [0.2, 0.25) is 0 Å². The molecule has 5 nitrogen and oxygen atoms in total. The molecule has 5 aliphatic rings. The van der Waals surface area contributed by atoms with Gasteiger partial charge in [-0.05, 0) is 131 Å². The summed E-state index contributed by atoms with van der Waals surface area (Å²) in [5.41, 5.74) is 8.13. The maximum atomic E-state index is 13.2. The lowest BCUT2D eigenvalue weighted by atomic mass is 9.32. The summed E-state index contributed by atoms with van der Waals surface area (Å²) in [6.07, 6.45) is 11.2. The Kier molecular flexibility index (Phi) is 7.01. The van der Waals surface area contributed by atoms with E-state index < -0.39 is 11.4 Å². The van der Waals surface area contributed by atoms with Crippen molar-refractivity contribution in [3.63, 3.8) is 0 Å². The number of allylic oxidation sites excluding steroid dienone is 1. The van der Waals surface area contributed by atoms with E-state index in [0.717, 1.165) is 32.1 Å². The minimum Gasteiger partial charge on any atom is -0.481 e. The van der Waals surface area contributed by atoms with E-state index in [1.807, 2.05) is 0 Å². The van der Waals surface area contributed by atoms with Crippen molar-refractivity contribution in [2.24, 2.45) is 62.4 Å². The van der Waals surface area contributed by atoms with Crippen molar-refractivity contribution in [1.82, 2.24) is 0 Å². The predicted molar refractivity (Wildman–Crippen MR) is 159 cm³/mol. The molecule has 3 N–H and O–H groups in total. The standard InChI is InChI=1S/C35H57NO4/c1-21(2)22-12-17-35(36)19-18-33(8)23(28(22)35)10-11-25-32(7)15-14-26(40-29(39)30(3,4)20-27(37)38)31(5,6)24(32)13-16-34(25,33)9/h22-26,28H,1,10-20,36H2,2-9H3,(H,37,38)/t22-,23+,24-,25+,26-,28+,32-,33+,34+,35-/m0/s1. The number of carbonyl (C=O) groups excluding carboxylic acids is 1. The highest BCUT2D eigenvalue weighted by Gasteiger charge is 2.70. The van der Waals surface area contributed by atoms with Gasteiger partial charge in [-0.15, -0.1) is 0 Å². The van der Waals surface area contributed by atoms with Crippen molar-refractivity contribution in [2.45, 2.75) is 138 Å². The second-order valence-corrected chi connectivity index (χ2v) is 17.1. The Morgan fingerprint density at radius 1 is 0.900 bits per heavy atom. The highest BCUT2D eigenvalue weighted by molar-refractivity contribution is 5.82. The number of aliphatic carboxylic acids is 1. The molecule has 0 radical (unpaired) electrons. The van der Waals surface area contributed by atoms with E-state index in [9.17, 15) is 14.7 Å². The van der Waals surface area contributed by atoms with Crippen molar-refractivity contribution in [1.29, 1.82) is 0 Å². The molecule has 0 spiro atoms. The molecule has 0 amide bonds. The summed E-state index contributed by atoms with van der Waals surface area (Å²) in [5.74, 6) is 1.58. The fourth-order valence-corrected chi connectivity index (χ4v) is 12.1. The van der Waals surface area contributed by atoms with E-state index in [0.29, 0.717) is 29.6 Å². The molecule has 5 rings (SSSR count). The van der Waals surface area contributed by atoms with Crippen LogP contribution in [0.5, 0.6) is 0 Å². The van der Waals surface area contributed by atoms with Gasteiger partial charge in [0.1, 0.15) is 6.10 Å². The minimum absolute atomic E-state index is 0.0174. The molecule has 226 valence electrons. The molecule has 5 aliphatic carbocycles. The minimum atomic E-state index is -1.03. The van der Waals surface area contributed by atoms with E-state index in [1.54, 1.807) is 13.8 Å². The average Bonchev–Trinajstić information content (AvgIpc) is 3.18. The number of fused-ring (bicyclic) bond motifs is 7. The third kappa shape index (κ3) is 4.09. The monoisotopic (exact) mass is 555 g/mol. The maximum absolute atomic E-state index is 13.2. The Balaban J connectivity index is 1.42. The number of esters is 1. The van der Waals surface area contributed by atoms with Crippen molar-refractivity contribution in [3.05, 3.63) is 12.2 Å². The Morgan fingerprint density at radius 3 is 2.20 bits per heavy atom. The lowest BCUT2D eigenvalue weighted by molar-refractivity contribution is -0.246. The Bertz CT molecular complexity index is 1080. The number of ether oxygens (including phenoxy) is 1. The summed E-state index contributed by atoms with van der Waals surface area (Å²) >= 11 is 0. The maximum Gasteiger partial charge on any atom is 0.312 e. The second kappa shape index (κ2) is 9.32. The number of carbonyl (C=O) groups is 2. The molecule has 0 unspecified atom stereocenters. The third-order valence-electron chi connectivity index (χ3n) is 14.5. The van der Waals surface area contributed by atoms with Crippen LogP contribution in [0.3, 0.4) is 0 Å². The largest absolute Gasteiger partial charge is 0.481 e. The summed E-state index contributed by atoms with van der Waals surface area (Å²) in [7, 11) is 0. The lowest BCUT2D eigenvalue weighted by Crippen LogP contribution is -2.68. The molecule has 0 aliphatic heterocycles. The first-order chi connectivity index (χ1) is 18.3. The fraction of sp³-hybridized carbons (Fsp3) is 0.886. The summed E-state index contributed by atoms with van der Waals surface area (Å²) < 4.78 is 6.20. The molecule has 0 bridgehead atoms. The van der Waals surface area contributed by atoms with Gasteiger partial charge in [-0.25, -0.2) is 0 Å². The molecular weight excluding hydrogens is 498 g/mol. The van der Waals surface area contributed by atoms with Gasteiger partial charge in [0.05, 0.1) is 11.8 Å². The van der Waals surface area contributed by atoms with E-state index >= 15 is 0 Å². The molecule has 0 aromatic heterocycles. The summed E-state index contributed by atoms with van der Waals surface area (Å²) in [4.78, 5) is 24.5. The molecule has 5 fully saturated rings. The first-order valence-corrected chi connectivity index (χ1v) is 16.2. The number of carboxylic acid groups (broad SMARTS) is 1. The fourth-order valence-electron chi connectivity index (χ4n) is 12.1. The zero-order chi connectivity index (χ0) is 29.7. The van der Waals surface area contributed by atoms with Gasteiger partial charge in [-0.3, -0.25) is 9.59 Å². The van der Waals surface area contributed by atoms with Crippen LogP contribution in [0.1, 0.15) is 126 Å². The van der Waals surface area contributed by atoms with Crippen molar-refractivity contribution in [2.75, 3.05) is 0 Å². The van der Waals surface area contributed by atoms with E-state index in [4.69, 9.17) is 10.5 Å². The van der Waals surface area contributed by atoms with Gasteiger partial charge in [-0.2, -0.15) is 0 Å². The molecule has 0 aromatic rings. The Morgan fingerprint density at radius 2 is 1.57 bits per heavy atom. The van der Waals surface area contributed by atoms with Gasteiger partial charge in [0.15, 0.2) is 0 Å². The zero-order valence-corrected chi connectivity index (χ0v) is 26.7. The number of nitrogens with two attached hydrogens (primary N) is 1. The molecule has 10 atom stereocenters. The van der Waals surface area contributed by atoms with E-state index in [1.165, 1.54) is 37.7 Å². The van der Waals surface area contributed by atoms with Crippen LogP contribution >= 0.6 is 0 Å². The van der Waals surface area contributed by atoms with Crippen molar-refractivity contribution >= 4 is 11.9 Å². The van der Waals surface area contributed by atoms with Gasteiger partial charge < -0.3 is 15.6 Å². The number of hydrogen-bond donors (Lipinski definition) is 2. The summed E-state index contributed by atoms with van der Waals surface area (Å²) in [6, 6.07) is 0. The van der Waals surface area contributed by atoms with Crippen LogP contribution in [-0.2, 0) is 14.3 Å².